The van der Waals surface area contributed by atoms with Crippen molar-refractivity contribution in [3.8, 4) is 11.5 Å². The van der Waals surface area contributed by atoms with E-state index in [0.717, 1.165) is 4.31 Å². The predicted octanol–water partition coefficient (Wildman–Crippen LogP) is 3.23. The molecule has 0 amide bonds. The lowest BCUT2D eigenvalue weighted by Gasteiger charge is -2.22. The van der Waals surface area contributed by atoms with Gasteiger partial charge in [0.05, 0.1) is 17.2 Å². The molecule has 4 aromatic rings. The van der Waals surface area contributed by atoms with E-state index in [2.05, 4.69) is 15.1 Å². The van der Waals surface area contributed by atoms with Crippen LogP contribution < -0.4 is 9.04 Å². The summed E-state index contributed by atoms with van der Waals surface area (Å²) in [5, 5.41) is 4.32. The predicted molar refractivity (Wildman–Crippen MR) is 120 cm³/mol. The molecule has 3 heterocycles. The van der Waals surface area contributed by atoms with Crippen LogP contribution in [0, 0.1) is 6.92 Å². The van der Waals surface area contributed by atoms with E-state index >= 15 is 0 Å². The molecule has 11 heteroatoms. The third-order valence-corrected chi connectivity index (χ3v) is 6.50. The molecule has 33 heavy (non-hydrogen) atoms. The molecule has 4 rings (SSSR count). The highest BCUT2D eigenvalue weighted by Gasteiger charge is 2.29. The Kier molecular flexibility index (Phi) is 5.97. The molecule has 0 aliphatic heterocycles. The van der Waals surface area contributed by atoms with Gasteiger partial charge >= 0.3 is 5.97 Å². The summed E-state index contributed by atoms with van der Waals surface area (Å²) in [5.41, 5.74) is 1.00. The van der Waals surface area contributed by atoms with E-state index < -0.39 is 16.0 Å². The number of pyridine rings is 1. The number of anilines is 1. The van der Waals surface area contributed by atoms with Gasteiger partial charge in [0.15, 0.2) is 11.5 Å². The van der Waals surface area contributed by atoms with Gasteiger partial charge in [0, 0.05) is 31.7 Å². The van der Waals surface area contributed by atoms with Crippen LogP contribution in [0.3, 0.4) is 0 Å². The molecule has 10 nitrogen and oxygen atoms in total. The Morgan fingerprint density at radius 2 is 1.76 bits per heavy atom. The van der Waals surface area contributed by atoms with E-state index in [1.54, 1.807) is 56.6 Å². The maximum atomic E-state index is 13.4. The molecule has 0 unspecified atom stereocenters. The van der Waals surface area contributed by atoms with E-state index in [0.29, 0.717) is 22.8 Å². The fraction of sp³-hybridized carbons (Fsp3) is 0.182. The highest BCUT2D eigenvalue weighted by atomic mass is 32.2. The molecular weight excluding hydrogens is 446 g/mol. The van der Waals surface area contributed by atoms with Gasteiger partial charge in [0.25, 0.3) is 10.0 Å². The van der Waals surface area contributed by atoms with Crippen molar-refractivity contribution in [1.82, 2.24) is 19.6 Å². The first-order chi connectivity index (χ1) is 15.8. The van der Waals surface area contributed by atoms with Crippen molar-refractivity contribution >= 4 is 27.5 Å². The van der Waals surface area contributed by atoms with E-state index in [9.17, 15) is 13.2 Å². The molecule has 0 N–H and O–H groups in total. The summed E-state index contributed by atoms with van der Waals surface area (Å²) in [6.45, 7) is 3.54. The van der Waals surface area contributed by atoms with E-state index in [1.165, 1.54) is 29.9 Å². The Bertz CT molecular complexity index is 1400. The molecule has 0 spiro atoms. The van der Waals surface area contributed by atoms with E-state index in [1.807, 2.05) is 0 Å². The topological polar surface area (TPSA) is 116 Å². The molecule has 0 saturated heterocycles. The summed E-state index contributed by atoms with van der Waals surface area (Å²) in [7, 11) is -2.71. The maximum Gasteiger partial charge on any atom is 0.343 e. The Hall–Kier alpha value is -3.99. The quantitative estimate of drug-likeness (QED) is 0.381. The van der Waals surface area contributed by atoms with Gasteiger partial charge < -0.3 is 9.47 Å². The average molecular weight is 468 g/mol. The molecule has 3 aromatic heterocycles. The monoisotopic (exact) mass is 467 g/mol. The standard InChI is InChI=1S/C22H21N5O5S/c1-4-31-22(28)19-14-24-20-13-15(2)25-27(20)21(19)26(3)33(29,30)18-7-5-16(6-8-18)32-17-9-11-23-12-10-17/h5-14H,4H2,1-3H3. The number of carbonyl (C=O) groups excluding carboxylic acids is 1. The lowest BCUT2D eigenvalue weighted by atomic mass is 10.3. The van der Waals surface area contributed by atoms with Gasteiger partial charge in [-0.3, -0.25) is 9.29 Å². The minimum Gasteiger partial charge on any atom is -0.462 e. The van der Waals surface area contributed by atoms with Crippen LogP contribution in [0.2, 0.25) is 0 Å². The van der Waals surface area contributed by atoms with Crippen LogP contribution in [-0.2, 0) is 14.8 Å². The Morgan fingerprint density at radius 3 is 2.42 bits per heavy atom. The van der Waals surface area contributed by atoms with Gasteiger partial charge in [-0.25, -0.2) is 18.2 Å². The van der Waals surface area contributed by atoms with Crippen molar-refractivity contribution in [1.29, 1.82) is 0 Å². The minimum atomic E-state index is -4.06. The highest BCUT2D eigenvalue weighted by molar-refractivity contribution is 7.92. The molecular formula is C22H21N5O5S. The smallest absolute Gasteiger partial charge is 0.343 e. The second kappa shape index (κ2) is 8.87. The Balaban J connectivity index is 1.73. The largest absolute Gasteiger partial charge is 0.462 e. The number of rotatable bonds is 7. The van der Waals surface area contributed by atoms with Crippen LogP contribution in [0.1, 0.15) is 23.0 Å². The number of ether oxygens (including phenoxy) is 2. The highest BCUT2D eigenvalue weighted by Crippen LogP contribution is 2.29. The Labute approximate surface area is 190 Å². The lowest BCUT2D eigenvalue weighted by molar-refractivity contribution is 0.0526. The molecule has 0 radical (unpaired) electrons. The summed E-state index contributed by atoms with van der Waals surface area (Å²) >= 11 is 0. The van der Waals surface area contributed by atoms with Crippen molar-refractivity contribution in [2.75, 3.05) is 18.0 Å². The first-order valence-electron chi connectivity index (χ1n) is 10.0. The fourth-order valence-electron chi connectivity index (χ4n) is 3.19. The Morgan fingerprint density at radius 1 is 1.09 bits per heavy atom. The molecule has 0 saturated carbocycles. The first-order valence-corrected chi connectivity index (χ1v) is 11.4. The number of benzene rings is 1. The van der Waals surface area contributed by atoms with Gasteiger partial charge in [-0.15, -0.1) is 0 Å². The third kappa shape index (κ3) is 4.35. The van der Waals surface area contributed by atoms with Crippen LogP contribution in [0.4, 0.5) is 5.82 Å². The van der Waals surface area contributed by atoms with Gasteiger partial charge in [0.1, 0.15) is 17.1 Å². The number of aryl methyl sites for hydroxylation is 1. The molecule has 1 aromatic carbocycles. The maximum absolute atomic E-state index is 13.4. The molecule has 0 aliphatic carbocycles. The minimum absolute atomic E-state index is 0.00993. The number of esters is 1. The third-order valence-electron chi connectivity index (χ3n) is 4.74. The van der Waals surface area contributed by atoms with E-state index in [4.69, 9.17) is 9.47 Å². The van der Waals surface area contributed by atoms with Crippen molar-refractivity contribution in [2.45, 2.75) is 18.7 Å². The van der Waals surface area contributed by atoms with Gasteiger partial charge in [-0.1, -0.05) is 0 Å². The van der Waals surface area contributed by atoms with Crippen LogP contribution in [0.15, 0.2) is 66.0 Å². The molecule has 0 bridgehead atoms. The number of sulfonamides is 1. The van der Waals surface area contributed by atoms with Crippen LogP contribution in [-0.4, -0.2) is 47.6 Å². The number of carbonyl (C=O) groups is 1. The van der Waals surface area contributed by atoms with Crippen LogP contribution in [0.5, 0.6) is 11.5 Å². The zero-order chi connectivity index (χ0) is 23.6. The normalized spacial score (nSPS) is 11.4. The van der Waals surface area contributed by atoms with Crippen molar-refractivity contribution in [2.24, 2.45) is 0 Å². The lowest BCUT2D eigenvalue weighted by Crippen LogP contribution is -2.31. The molecule has 0 fully saturated rings. The van der Waals surface area contributed by atoms with Crippen LogP contribution >= 0.6 is 0 Å². The van der Waals surface area contributed by atoms with Gasteiger partial charge in [0.2, 0.25) is 0 Å². The molecule has 0 aliphatic rings. The van der Waals surface area contributed by atoms with Crippen molar-refractivity contribution < 1.29 is 22.7 Å². The number of hydrogen-bond donors (Lipinski definition) is 0. The summed E-state index contributed by atoms with van der Waals surface area (Å²) in [4.78, 5) is 20.7. The summed E-state index contributed by atoms with van der Waals surface area (Å²) < 4.78 is 40.0. The zero-order valence-electron chi connectivity index (χ0n) is 18.2. The zero-order valence-corrected chi connectivity index (χ0v) is 19.0. The number of fused-ring (bicyclic) bond motifs is 1. The van der Waals surface area contributed by atoms with Gasteiger partial charge in [-0.2, -0.15) is 9.61 Å². The number of aromatic nitrogens is 4. The second-order valence-electron chi connectivity index (χ2n) is 7.00. The van der Waals surface area contributed by atoms with Gasteiger partial charge in [-0.05, 0) is 50.2 Å². The van der Waals surface area contributed by atoms with Crippen LogP contribution in [0.25, 0.3) is 5.65 Å². The molecule has 0 atom stereocenters. The summed E-state index contributed by atoms with van der Waals surface area (Å²) in [5.74, 6) is 0.371. The van der Waals surface area contributed by atoms with Crippen molar-refractivity contribution in [3.63, 3.8) is 0 Å². The van der Waals surface area contributed by atoms with Crippen molar-refractivity contribution in [3.05, 3.63) is 72.3 Å². The number of hydrogen-bond acceptors (Lipinski definition) is 8. The second-order valence-corrected chi connectivity index (χ2v) is 8.97. The summed E-state index contributed by atoms with van der Waals surface area (Å²) in [6, 6.07) is 11.0. The first kappa shape index (κ1) is 22.2. The SMILES string of the molecule is CCOC(=O)c1cnc2cc(C)nn2c1N(C)S(=O)(=O)c1ccc(Oc2ccncc2)cc1. The molecule has 170 valence electrons. The summed E-state index contributed by atoms with van der Waals surface area (Å²) in [6.07, 6.45) is 4.48. The fourth-order valence-corrected chi connectivity index (χ4v) is 4.39. The average Bonchev–Trinajstić information content (AvgIpc) is 3.19. The van der Waals surface area contributed by atoms with E-state index in [-0.39, 0.29) is 22.9 Å². The number of nitrogens with zero attached hydrogens (tertiary/aromatic N) is 5.